The summed E-state index contributed by atoms with van der Waals surface area (Å²) in [5, 5.41) is 3.03. The number of para-hydroxylation sites is 1. The summed E-state index contributed by atoms with van der Waals surface area (Å²) in [4.78, 5) is 24.6. The van der Waals surface area contributed by atoms with Crippen molar-refractivity contribution < 1.29 is 9.59 Å². The van der Waals surface area contributed by atoms with Gasteiger partial charge >= 0.3 is 6.03 Å². The number of hydrogen-bond acceptors (Lipinski definition) is 2. The van der Waals surface area contributed by atoms with Crippen molar-refractivity contribution in [1.82, 2.24) is 5.32 Å². The van der Waals surface area contributed by atoms with Gasteiger partial charge in [-0.05, 0) is 12.1 Å². The van der Waals surface area contributed by atoms with E-state index in [2.05, 4.69) is 5.32 Å². The maximum Gasteiger partial charge on any atom is 0.328 e. The summed E-state index contributed by atoms with van der Waals surface area (Å²) in [5.74, 6) is -0.453. The highest BCUT2D eigenvalue weighted by molar-refractivity contribution is 6.35. The number of hydrogen-bond donors (Lipinski definition) is 1. The highest BCUT2D eigenvalue weighted by Gasteiger charge is 2.33. The monoisotopic (exact) mass is 238 g/mol. The van der Waals surface area contributed by atoms with Gasteiger partial charge in [0.2, 0.25) is 5.91 Å². The SMILES string of the molecule is CC1CNC(=O)N(c2ccccc2Cl)C1=O. The minimum atomic E-state index is -0.420. The van der Waals surface area contributed by atoms with Gasteiger partial charge in [0.1, 0.15) is 0 Å². The normalized spacial score (nSPS) is 20.9. The van der Waals surface area contributed by atoms with Crippen molar-refractivity contribution in [3.8, 4) is 0 Å². The fourth-order valence-electron chi connectivity index (χ4n) is 1.59. The van der Waals surface area contributed by atoms with Crippen molar-refractivity contribution >= 4 is 29.2 Å². The van der Waals surface area contributed by atoms with Crippen LogP contribution in [0.2, 0.25) is 5.02 Å². The predicted octanol–water partition coefficient (Wildman–Crippen LogP) is 2.03. The van der Waals surface area contributed by atoms with Crippen LogP contribution in [0.15, 0.2) is 24.3 Å². The highest BCUT2D eigenvalue weighted by atomic mass is 35.5. The molecule has 1 unspecified atom stereocenters. The summed E-state index contributed by atoms with van der Waals surface area (Å²) in [6, 6.07) is 6.37. The zero-order chi connectivity index (χ0) is 11.7. The minimum Gasteiger partial charge on any atom is -0.337 e. The van der Waals surface area contributed by atoms with Crippen LogP contribution in [0.4, 0.5) is 10.5 Å². The van der Waals surface area contributed by atoms with Crippen LogP contribution >= 0.6 is 11.6 Å². The van der Waals surface area contributed by atoms with Crippen LogP contribution < -0.4 is 10.2 Å². The van der Waals surface area contributed by atoms with Gasteiger partial charge in [0.05, 0.1) is 16.6 Å². The molecule has 3 amide bonds. The van der Waals surface area contributed by atoms with E-state index < -0.39 is 6.03 Å². The van der Waals surface area contributed by atoms with Crippen molar-refractivity contribution in [1.29, 1.82) is 0 Å². The number of benzene rings is 1. The average Bonchev–Trinajstić information content (AvgIpc) is 2.27. The van der Waals surface area contributed by atoms with E-state index in [9.17, 15) is 9.59 Å². The van der Waals surface area contributed by atoms with Crippen molar-refractivity contribution in [3.63, 3.8) is 0 Å². The molecule has 0 bridgehead atoms. The molecule has 1 saturated heterocycles. The molecular weight excluding hydrogens is 228 g/mol. The Morgan fingerprint density at radius 2 is 2.06 bits per heavy atom. The molecule has 1 heterocycles. The predicted molar refractivity (Wildman–Crippen MR) is 61.5 cm³/mol. The van der Waals surface area contributed by atoms with E-state index in [4.69, 9.17) is 11.6 Å². The lowest BCUT2D eigenvalue weighted by Gasteiger charge is -2.30. The summed E-state index contributed by atoms with van der Waals surface area (Å²) in [7, 11) is 0. The third kappa shape index (κ3) is 1.76. The summed E-state index contributed by atoms with van der Waals surface area (Å²) >= 11 is 5.96. The number of carbonyl (C=O) groups excluding carboxylic acids is 2. The van der Waals surface area contributed by atoms with Gasteiger partial charge in [0.15, 0.2) is 0 Å². The number of amides is 3. The van der Waals surface area contributed by atoms with E-state index in [-0.39, 0.29) is 11.8 Å². The zero-order valence-electron chi connectivity index (χ0n) is 8.74. The summed E-state index contributed by atoms with van der Waals surface area (Å²) < 4.78 is 0. The number of urea groups is 1. The van der Waals surface area contributed by atoms with Gasteiger partial charge in [-0.1, -0.05) is 30.7 Å². The molecular formula is C11H11ClN2O2. The summed E-state index contributed by atoms with van der Waals surface area (Å²) in [6.07, 6.45) is 0. The lowest BCUT2D eigenvalue weighted by Crippen LogP contribution is -2.54. The van der Waals surface area contributed by atoms with Crippen LogP contribution in [-0.2, 0) is 4.79 Å². The molecule has 0 radical (unpaired) electrons. The molecule has 1 aliphatic rings. The number of imide groups is 1. The fraction of sp³-hybridized carbons (Fsp3) is 0.273. The Bertz CT molecular complexity index is 447. The smallest absolute Gasteiger partial charge is 0.328 e. The fourth-order valence-corrected chi connectivity index (χ4v) is 1.81. The van der Waals surface area contributed by atoms with Gasteiger partial charge in [0.25, 0.3) is 0 Å². The van der Waals surface area contributed by atoms with E-state index >= 15 is 0 Å². The highest BCUT2D eigenvalue weighted by Crippen LogP contribution is 2.27. The van der Waals surface area contributed by atoms with E-state index in [1.165, 1.54) is 0 Å². The summed E-state index contributed by atoms with van der Waals surface area (Å²) in [5.41, 5.74) is 0.429. The molecule has 5 heteroatoms. The molecule has 0 saturated carbocycles. The topological polar surface area (TPSA) is 49.4 Å². The standard InChI is InChI=1S/C11H11ClN2O2/c1-7-6-13-11(16)14(10(7)15)9-5-3-2-4-8(9)12/h2-5,7H,6H2,1H3,(H,13,16). The molecule has 0 spiro atoms. The molecule has 1 N–H and O–H groups in total. The molecule has 1 aromatic rings. The second-order valence-corrected chi connectivity index (χ2v) is 4.12. The Kier molecular flexibility index (Phi) is 2.83. The molecule has 1 aliphatic heterocycles. The third-order valence-electron chi connectivity index (χ3n) is 2.50. The van der Waals surface area contributed by atoms with Crippen molar-refractivity contribution in [2.24, 2.45) is 5.92 Å². The van der Waals surface area contributed by atoms with E-state index in [1.807, 2.05) is 0 Å². The third-order valence-corrected chi connectivity index (χ3v) is 2.82. The lowest BCUT2D eigenvalue weighted by atomic mass is 10.1. The molecule has 1 atom stereocenters. The largest absolute Gasteiger partial charge is 0.337 e. The number of halogens is 1. The van der Waals surface area contributed by atoms with Gasteiger partial charge in [0, 0.05) is 6.54 Å². The maximum atomic E-state index is 11.9. The van der Waals surface area contributed by atoms with Gasteiger partial charge < -0.3 is 5.32 Å². The van der Waals surface area contributed by atoms with Crippen LogP contribution in [0, 0.1) is 5.92 Å². The number of carbonyl (C=O) groups is 2. The maximum absolute atomic E-state index is 11.9. The molecule has 2 rings (SSSR count). The number of nitrogens with zero attached hydrogens (tertiary/aromatic N) is 1. The molecule has 1 fully saturated rings. The van der Waals surface area contributed by atoms with Crippen LogP contribution in [0.3, 0.4) is 0 Å². The first-order valence-corrected chi connectivity index (χ1v) is 5.35. The molecule has 0 aromatic heterocycles. The van der Waals surface area contributed by atoms with Gasteiger partial charge in [-0.15, -0.1) is 0 Å². The van der Waals surface area contributed by atoms with Crippen LogP contribution in [0.25, 0.3) is 0 Å². The first-order valence-electron chi connectivity index (χ1n) is 4.97. The van der Waals surface area contributed by atoms with Gasteiger partial charge in [-0.2, -0.15) is 0 Å². The van der Waals surface area contributed by atoms with Gasteiger partial charge in [-0.3, -0.25) is 4.79 Å². The Morgan fingerprint density at radius 1 is 1.38 bits per heavy atom. The van der Waals surface area contributed by atoms with Crippen LogP contribution in [-0.4, -0.2) is 18.5 Å². The van der Waals surface area contributed by atoms with Crippen molar-refractivity contribution in [2.45, 2.75) is 6.92 Å². The molecule has 1 aromatic carbocycles. The Hall–Kier alpha value is -1.55. The molecule has 4 nitrogen and oxygen atoms in total. The van der Waals surface area contributed by atoms with E-state index in [0.29, 0.717) is 17.3 Å². The molecule has 16 heavy (non-hydrogen) atoms. The van der Waals surface area contributed by atoms with Gasteiger partial charge in [-0.25, -0.2) is 9.69 Å². The Labute approximate surface area is 98.2 Å². The zero-order valence-corrected chi connectivity index (χ0v) is 9.49. The number of rotatable bonds is 1. The average molecular weight is 239 g/mol. The quantitative estimate of drug-likeness (QED) is 0.814. The Balaban J connectivity index is 2.42. The molecule has 0 aliphatic carbocycles. The van der Waals surface area contributed by atoms with E-state index in [1.54, 1.807) is 31.2 Å². The van der Waals surface area contributed by atoms with Crippen molar-refractivity contribution in [2.75, 3.05) is 11.4 Å². The number of nitrogens with one attached hydrogen (secondary N) is 1. The van der Waals surface area contributed by atoms with Crippen molar-refractivity contribution in [3.05, 3.63) is 29.3 Å². The van der Waals surface area contributed by atoms with E-state index in [0.717, 1.165) is 4.90 Å². The lowest BCUT2D eigenvalue weighted by molar-refractivity contribution is -0.121. The first-order chi connectivity index (χ1) is 7.61. The summed E-state index contributed by atoms with van der Waals surface area (Å²) in [6.45, 7) is 2.14. The first kappa shape index (κ1) is 11.0. The van der Waals surface area contributed by atoms with Crippen LogP contribution in [0.1, 0.15) is 6.92 Å². The second-order valence-electron chi connectivity index (χ2n) is 3.71. The van der Waals surface area contributed by atoms with Crippen LogP contribution in [0.5, 0.6) is 0 Å². The minimum absolute atomic E-state index is 0.225. The second kappa shape index (κ2) is 4.14. The Morgan fingerprint density at radius 3 is 2.75 bits per heavy atom. The molecule has 84 valence electrons. The number of anilines is 1.